The maximum atomic E-state index is 11.0. The van der Waals surface area contributed by atoms with Crippen LogP contribution >= 0.6 is 0 Å². The molecule has 92 valence electrons. The van der Waals surface area contributed by atoms with Crippen LogP contribution in [0.2, 0.25) is 0 Å². The minimum Gasteiger partial charge on any atom is -0.381 e. The van der Waals surface area contributed by atoms with Crippen molar-refractivity contribution in [3.05, 3.63) is 40.6 Å². The van der Waals surface area contributed by atoms with E-state index in [0.717, 1.165) is 17.5 Å². The molecule has 1 N–H and O–H groups in total. The number of nitrogens with one attached hydrogen (secondary N) is 1. The molecule has 0 aliphatic heterocycles. The number of pyridine rings is 1. The summed E-state index contributed by atoms with van der Waals surface area (Å²) in [7, 11) is 0. The van der Waals surface area contributed by atoms with Gasteiger partial charge in [0, 0.05) is 29.4 Å². The van der Waals surface area contributed by atoms with Gasteiger partial charge in [-0.25, -0.2) is 4.98 Å². The molecular formula is C13H13N3O2. The van der Waals surface area contributed by atoms with Gasteiger partial charge in [0.2, 0.25) is 0 Å². The smallest absolute Gasteiger partial charge is 0.295 e. The number of fused-ring (bicyclic) bond motifs is 1. The van der Waals surface area contributed by atoms with E-state index >= 15 is 0 Å². The number of aromatic nitrogens is 1. The van der Waals surface area contributed by atoms with Gasteiger partial charge in [-0.3, -0.25) is 10.1 Å². The van der Waals surface area contributed by atoms with Crippen LogP contribution in [0.3, 0.4) is 0 Å². The molecule has 3 rings (SSSR count). The van der Waals surface area contributed by atoms with Crippen LogP contribution in [0.15, 0.2) is 30.5 Å². The molecule has 1 aromatic heterocycles. The van der Waals surface area contributed by atoms with Crippen molar-refractivity contribution in [1.29, 1.82) is 0 Å². The second-order valence-electron chi connectivity index (χ2n) is 4.75. The minimum atomic E-state index is -0.390. The fourth-order valence-corrected chi connectivity index (χ4v) is 2.15. The van der Waals surface area contributed by atoms with Crippen LogP contribution in [0.1, 0.15) is 13.3 Å². The van der Waals surface area contributed by atoms with Crippen molar-refractivity contribution in [2.45, 2.75) is 19.4 Å². The monoisotopic (exact) mass is 243 g/mol. The molecule has 0 radical (unpaired) electrons. The number of hydrogen-bond acceptors (Lipinski definition) is 4. The normalized spacial score (nSPS) is 21.8. The first-order valence-electron chi connectivity index (χ1n) is 5.95. The number of benzene rings is 1. The summed E-state index contributed by atoms with van der Waals surface area (Å²) in [6.45, 7) is 2.18. The summed E-state index contributed by atoms with van der Waals surface area (Å²) in [6.07, 6.45) is 2.73. The molecule has 1 aromatic carbocycles. The summed E-state index contributed by atoms with van der Waals surface area (Å²) in [6, 6.07) is 7.44. The SMILES string of the molecule is CC1CC1Nc1ccc([N+](=O)[O-])c2ncccc12. The molecule has 1 fully saturated rings. The summed E-state index contributed by atoms with van der Waals surface area (Å²) < 4.78 is 0. The highest BCUT2D eigenvalue weighted by Crippen LogP contribution is 2.36. The van der Waals surface area contributed by atoms with Gasteiger partial charge >= 0.3 is 0 Å². The van der Waals surface area contributed by atoms with E-state index in [1.165, 1.54) is 6.07 Å². The lowest BCUT2D eigenvalue weighted by molar-refractivity contribution is -0.383. The Hall–Kier alpha value is -2.17. The van der Waals surface area contributed by atoms with Crippen molar-refractivity contribution >= 4 is 22.3 Å². The molecule has 0 spiro atoms. The van der Waals surface area contributed by atoms with Crippen molar-refractivity contribution in [2.75, 3.05) is 5.32 Å². The third-order valence-electron chi connectivity index (χ3n) is 3.40. The molecule has 1 aliphatic carbocycles. The van der Waals surface area contributed by atoms with Crippen molar-refractivity contribution in [1.82, 2.24) is 4.98 Å². The highest BCUT2D eigenvalue weighted by Gasteiger charge is 2.32. The predicted molar refractivity (Wildman–Crippen MR) is 69.6 cm³/mol. The van der Waals surface area contributed by atoms with Gasteiger partial charge in [-0.05, 0) is 30.5 Å². The van der Waals surface area contributed by atoms with Gasteiger partial charge in [-0.1, -0.05) is 6.92 Å². The lowest BCUT2D eigenvalue weighted by Crippen LogP contribution is -2.04. The van der Waals surface area contributed by atoms with E-state index in [4.69, 9.17) is 0 Å². The van der Waals surface area contributed by atoms with Crippen molar-refractivity contribution < 1.29 is 4.92 Å². The minimum absolute atomic E-state index is 0.0556. The van der Waals surface area contributed by atoms with E-state index in [2.05, 4.69) is 17.2 Å². The van der Waals surface area contributed by atoms with E-state index in [1.54, 1.807) is 18.3 Å². The van der Waals surface area contributed by atoms with Gasteiger partial charge in [0.1, 0.15) is 5.52 Å². The van der Waals surface area contributed by atoms with Gasteiger partial charge < -0.3 is 5.32 Å². The van der Waals surface area contributed by atoms with E-state index in [9.17, 15) is 10.1 Å². The van der Waals surface area contributed by atoms with E-state index in [1.807, 2.05) is 6.07 Å². The van der Waals surface area contributed by atoms with Crippen LogP contribution < -0.4 is 5.32 Å². The number of hydrogen-bond donors (Lipinski definition) is 1. The summed E-state index contributed by atoms with van der Waals surface area (Å²) in [4.78, 5) is 14.7. The van der Waals surface area contributed by atoms with Crippen LogP contribution in [0.5, 0.6) is 0 Å². The first-order valence-corrected chi connectivity index (χ1v) is 5.95. The summed E-state index contributed by atoms with van der Waals surface area (Å²) in [5.41, 5.74) is 1.43. The molecular weight excluding hydrogens is 230 g/mol. The maximum Gasteiger partial charge on any atom is 0.295 e. The third-order valence-corrected chi connectivity index (χ3v) is 3.40. The Morgan fingerprint density at radius 3 is 2.89 bits per heavy atom. The Morgan fingerprint density at radius 1 is 1.44 bits per heavy atom. The van der Waals surface area contributed by atoms with Crippen LogP contribution in [-0.2, 0) is 0 Å². The highest BCUT2D eigenvalue weighted by molar-refractivity contribution is 5.97. The Balaban J connectivity index is 2.10. The lowest BCUT2D eigenvalue weighted by atomic mass is 10.1. The van der Waals surface area contributed by atoms with Crippen molar-refractivity contribution in [3.63, 3.8) is 0 Å². The third kappa shape index (κ3) is 1.77. The number of anilines is 1. The van der Waals surface area contributed by atoms with E-state index in [0.29, 0.717) is 17.5 Å². The van der Waals surface area contributed by atoms with Gasteiger partial charge in [0.05, 0.1) is 4.92 Å². The fourth-order valence-electron chi connectivity index (χ4n) is 2.15. The number of nitro benzene ring substituents is 1. The van der Waals surface area contributed by atoms with E-state index in [-0.39, 0.29) is 5.69 Å². The first-order chi connectivity index (χ1) is 8.66. The van der Waals surface area contributed by atoms with Gasteiger partial charge in [-0.2, -0.15) is 0 Å². The lowest BCUT2D eigenvalue weighted by Gasteiger charge is -2.08. The molecule has 5 nitrogen and oxygen atoms in total. The summed E-state index contributed by atoms with van der Waals surface area (Å²) in [5, 5.41) is 15.2. The number of rotatable bonds is 3. The number of nitro groups is 1. The van der Waals surface area contributed by atoms with Crippen LogP contribution in [0.4, 0.5) is 11.4 Å². The molecule has 0 bridgehead atoms. The van der Waals surface area contributed by atoms with Gasteiger partial charge in [-0.15, -0.1) is 0 Å². The Bertz CT molecular complexity index is 627. The highest BCUT2D eigenvalue weighted by atomic mass is 16.6. The number of non-ortho nitro benzene ring substituents is 1. The molecule has 0 saturated heterocycles. The molecule has 2 atom stereocenters. The molecule has 1 saturated carbocycles. The molecule has 18 heavy (non-hydrogen) atoms. The zero-order chi connectivity index (χ0) is 12.7. The van der Waals surface area contributed by atoms with Gasteiger partial charge in [0.25, 0.3) is 5.69 Å². The van der Waals surface area contributed by atoms with Crippen LogP contribution in [0.25, 0.3) is 10.9 Å². The zero-order valence-corrected chi connectivity index (χ0v) is 9.96. The number of nitrogens with zero attached hydrogens (tertiary/aromatic N) is 2. The first kappa shape index (κ1) is 11.0. The molecule has 1 aliphatic rings. The summed E-state index contributed by atoms with van der Waals surface area (Å²) in [5.74, 6) is 0.673. The predicted octanol–water partition coefficient (Wildman–Crippen LogP) is 2.96. The molecule has 5 heteroatoms. The fraction of sp³-hybridized carbons (Fsp3) is 0.308. The Morgan fingerprint density at radius 2 is 2.22 bits per heavy atom. The second kappa shape index (κ2) is 3.94. The average molecular weight is 243 g/mol. The Kier molecular flexibility index (Phi) is 2.40. The van der Waals surface area contributed by atoms with Crippen molar-refractivity contribution in [3.8, 4) is 0 Å². The molecule has 0 amide bonds. The van der Waals surface area contributed by atoms with Crippen LogP contribution in [-0.4, -0.2) is 15.9 Å². The molecule has 2 aromatic rings. The average Bonchev–Trinajstić information content (AvgIpc) is 3.05. The zero-order valence-electron chi connectivity index (χ0n) is 9.96. The quantitative estimate of drug-likeness (QED) is 0.664. The van der Waals surface area contributed by atoms with Gasteiger partial charge in [0.15, 0.2) is 0 Å². The topological polar surface area (TPSA) is 68.1 Å². The maximum absolute atomic E-state index is 11.0. The molecule has 1 heterocycles. The van der Waals surface area contributed by atoms with Crippen molar-refractivity contribution in [2.24, 2.45) is 5.92 Å². The largest absolute Gasteiger partial charge is 0.381 e. The Labute approximate surface area is 104 Å². The second-order valence-corrected chi connectivity index (χ2v) is 4.75. The standard InChI is InChI=1S/C13H13N3O2/c1-8-7-11(8)15-10-4-5-12(16(17)18)13-9(10)3-2-6-14-13/h2-6,8,11,15H,7H2,1H3. The molecule has 2 unspecified atom stereocenters. The summed E-state index contributed by atoms with van der Waals surface area (Å²) >= 11 is 0. The van der Waals surface area contributed by atoms with Crippen LogP contribution in [0, 0.1) is 16.0 Å². The van der Waals surface area contributed by atoms with E-state index < -0.39 is 4.92 Å².